The number of hydrogen-bond acceptors (Lipinski definition) is 10. The number of nitrogens with two attached hydrogens (primary N) is 1. The van der Waals surface area contributed by atoms with Crippen LogP contribution in [0.1, 0.15) is 138 Å². The van der Waals surface area contributed by atoms with E-state index in [1.807, 2.05) is 66.7 Å². The van der Waals surface area contributed by atoms with Crippen LogP contribution in [0.5, 0.6) is 0 Å². The molecule has 83 heavy (non-hydrogen) atoms. The van der Waals surface area contributed by atoms with Crippen molar-refractivity contribution in [3.63, 3.8) is 0 Å². The molecule has 1 aromatic heterocycles. The van der Waals surface area contributed by atoms with E-state index in [-0.39, 0.29) is 73.6 Å². The van der Waals surface area contributed by atoms with Crippen molar-refractivity contribution >= 4 is 65.8 Å². The minimum Gasteiger partial charge on any atom is -0.370 e. The summed E-state index contributed by atoms with van der Waals surface area (Å²) in [5.74, 6) is 2.13. The number of aromatic amines is 1. The van der Waals surface area contributed by atoms with Gasteiger partial charge < -0.3 is 51.2 Å². The molecule has 5 heterocycles. The number of amides is 8. The first-order chi connectivity index (χ1) is 39.8. The molecule has 0 radical (unpaired) electrons. The second kappa shape index (κ2) is 26.0. The normalized spacial score (nSPS) is 19.7. The summed E-state index contributed by atoms with van der Waals surface area (Å²) < 4.78 is 41.1. The van der Waals surface area contributed by atoms with Gasteiger partial charge in [-0.2, -0.15) is 8.78 Å². The molecule has 5 aromatic rings. The van der Waals surface area contributed by atoms with Crippen LogP contribution in [-0.4, -0.2) is 127 Å². The molecule has 20 nitrogen and oxygen atoms in total. The van der Waals surface area contributed by atoms with Crippen LogP contribution in [0.4, 0.5) is 8.78 Å². The number of alkyl halides is 2. The molecular weight excluding hydrogens is 1090 g/mol. The molecule has 8 amide bonds. The maximum absolute atomic E-state index is 15.0. The number of carbonyl (C=O) groups is 8. The first-order valence-corrected chi connectivity index (χ1v) is 29.5. The molecule has 9 rings (SSSR count). The van der Waals surface area contributed by atoms with Crippen LogP contribution in [-0.2, 0) is 45.5 Å². The molecule has 4 aliphatic heterocycles. The predicted octanol–water partition coefficient (Wildman–Crippen LogP) is 5.37. The summed E-state index contributed by atoms with van der Waals surface area (Å²) in [6.07, 6.45) is 6.03. The van der Waals surface area contributed by atoms with Gasteiger partial charge in [0.1, 0.15) is 29.9 Å². The van der Waals surface area contributed by atoms with E-state index in [1.165, 1.54) is 21.9 Å². The van der Waals surface area contributed by atoms with Crippen molar-refractivity contribution in [3.8, 4) is 11.8 Å². The highest BCUT2D eigenvalue weighted by atomic mass is 31.2. The van der Waals surface area contributed by atoms with Gasteiger partial charge in [0.15, 0.2) is 0 Å². The average Bonchev–Trinajstić information content (AvgIpc) is 4.04. The number of piperidine rings is 1. The van der Waals surface area contributed by atoms with Gasteiger partial charge in [-0.1, -0.05) is 104 Å². The van der Waals surface area contributed by atoms with Gasteiger partial charge in [-0.15, -0.1) is 0 Å². The molecule has 3 fully saturated rings. The Morgan fingerprint density at radius 2 is 1.54 bits per heavy atom. The lowest BCUT2D eigenvalue weighted by atomic mass is 9.98. The Morgan fingerprint density at radius 3 is 2.24 bits per heavy atom. The smallest absolute Gasteiger partial charge is 0.370 e. The lowest BCUT2D eigenvalue weighted by molar-refractivity contribution is -0.144. The molecule has 0 aliphatic carbocycles. The fourth-order valence-electron chi connectivity index (χ4n) is 11.5. The predicted molar refractivity (Wildman–Crippen MR) is 301 cm³/mol. The zero-order valence-electron chi connectivity index (χ0n) is 45.5. The van der Waals surface area contributed by atoms with Crippen LogP contribution in [0.3, 0.4) is 0 Å². The summed E-state index contributed by atoms with van der Waals surface area (Å²) in [6.45, 7) is 1.34. The summed E-state index contributed by atoms with van der Waals surface area (Å²) in [6, 6.07) is 22.6. The van der Waals surface area contributed by atoms with E-state index in [0.29, 0.717) is 37.9 Å². The molecule has 4 aromatic carbocycles. The van der Waals surface area contributed by atoms with Crippen LogP contribution in [0, 0.1) is 11.8 Å². The number of benzene rings is 4. The molecule has 9 N–H and O–H groups in total. The van der Waals surface area contributed by atoms with E-state index in [0.717, 1.165) is 66.5 Å². The number of unbranched alkanes of at least 4 members (excludes halogenated alkanes) is 5. The maximum Gasteiger partial charge on any atom is 0.399 e. The number of rotatable bonds is 21. The third-order valence-electron chi connectivity index (χ3n) is 15.9. The second-order valence-electron chi connectivity index (χ2n) is 21.6. The molecule has 3 saturated heterocycles. The summed E-state index contributed by atoms with van der Waals surface area (Å²) in [5.41, 5.74) is 3.70. The zero-order valence-corrected chi connectivity index (χ0v) is 46.4. The van der Waals surface area contributed by atoms with Crippen LogP contribution in [0.25, 0.3) is 10.9 Å². The SMILES string of the molecule is NC(=O)CCC(NC(=O)[C@@H]1CC[C@@H]2CCN(CCCCCCCC#Cc3cccc4c3CN(C3CCC(=O)NC3=O)C4=O)C[C@H](NC(=O)c3cc4cc(C(F)(F)P(=O)(O)O)ccc4[nH]3)C(=O)N21)C(=O)NC(c1ccccc1)c1ccccc1. The highest BCUT2D eigenvalue weighted by molar-refractivity contribution is 7.52. The van der Waals surface area contributed by atoms with Crippen LogP contribution in [0.2, 0.25) is 0 Å². The van der Waals surface area contributed by atoms with Crippen molar-refractivity contribution in [3.05, 3.63) is 142 Å². The summed E-state index contributed by atoms with van der Waals surface area (Å²) in [4.78, 5) is 134. The third kappa shape index (κ3) is 13.9. The molecule has 23 heteroatoms. The van der Waals surface area contributed by atoms with Gasteiger partial charge in [0, 0.05) is 72.5 Å². The quantitative estimate of drug-likeness (QED) is 0.0199. The van der Waals surface area contributed by atoms with Crippen LogP contribution in [0.15, 0.2) is 103 Å². The molecular formula is C60H66F2N9O11P. The van der Waals surface area contributed by atoms with Crippen molar-refractivity contribution in [1.82, 2.24) is 41.0 Å². The minimum atomic E-state index is -5.90. The van der Waals surface area contributed by atoms with Crippen molar-refractivity contribution in [2.45, 2.75) is 132 Å². The Labute approximate surface area is 477 Å². The summed E-state index contributed by atoms with van der Waals surface area (Å²) >= 11 is 0. The largest absolute Gasteiger partial charge is 0.399 e. The van der Waals surface area contributed by atoms with Crippen molar-refractivity contribution in [2.75, 3.05) is 19.6 Å². The molecule has 2 unspecified atom stereocenters. The van der Waals surface area contributed by atoms with Gasteiger partial charge in [0.25, 0.3) is 11.8 Å². The fraction of sp³-hybridized carbons (Fsp3) is 0.400. The minimum absolute atomic E-state index is 0.0423. The number of primary amides is 1. The number of carbonyl (C=O) groups excluding carboxylic acids is 8. The monoisotopic (exact) mass is 1160 g/mol. The Morgan fingerprint density at radius 1 is 0.831 bits per heavy atom. The van der Waals surface area contributed by atoms with E-state index < -0.39 is 90.5 Å². The molecule has 4 aliphatic rings. The van der Waals surface area contributed by atoms with E-state index in [1.54, 1.807) is 12.1 Å². The van der Waals surface area contributed by atoms with Gasteiger partial charge in [-0.3, -0.25) is 48.2 Å². The van der Waals surface area contributed by atoms with Crippen molar-refractivity contribution in [1.29, 1.82) is 0 Å². The first-order valence-electron chi connectivity index (χ1n) is 27.9. The van der Waals surface area contributed by atoms with Crippen molar-refractivity contribution < 1.29 is 61.5 Å². The topological polar surface area (TPSA) is 294 Å². The van der Waals surface area contributed by atoms with E-state index in [2.05, 4.69) is 43.0 Å². The number of H-pyrrole nitrogens is 1. The standard InChI is InChI=1S/C60H66F2N9O11P/c61-60(62,83(80,81)82)41-22-24-45-40(33-41)34-47(64-45)55(75)66-48-36-69(31-13-5-3-1-2-4-8-15-37-20-14-21-43-44(37)35-70(58(43)78)49-27-29-52(73)67-56(49)76)32-30-42-23-26-50(71(42)59(48)79)57(77)65-46(25-28-51(63)72)54(74)68-53(38-16-9-6-10-17-38)39-18-11-7-12-19-39/h6-7,9-12,14,16-22,24,33-34,42,46,48-50,53,64H,1-5,13,23,25-32,35-36H2,(H2,63,72)(H,65,77)(H,66,75)(H,68,74)(H,67,73,76)(H2,80,81,82)/t42-,46?,48+,49?,50+/m1/s1. The second-order valence-corrected chi connectivity index (χ2v) is 23.2. The van der Waals surface area contributed by atoms with Gasteiger partial charge in [0.05, 0.1) is 6.04 Å². The Kier molecular flexibility index (Phi) is 18.7. The summed E-state index contributed by atoms with van der Waals surface area (Å²) in [7, 11) is -5.90. The van der Waals surface area contributed by atoms with Gasteiger partial charge in [0.2, 0.25) is 35.4 Å². The molecule has 5 atom stereocenters. The third-order valence-corrected chi connectivity index (χ3v) is 16.9. The maximum atomic E-state index is 15.0. The van der Waals surface area contributed by atoms with Gasteiger partial charge >= 0.3 is 13.3 Å². The first kappa shape index (κ1) is 59.5. The lowest BCUT2D eigenvalue weighted by Gasteiger charge is -2.39. The number of halogens is 2. The van der Waals surface area contributed by atoms with E-state index in [9.17, 15) is 56.7 Å². The fourth-order valence-corrected chi connectivity index (χ4v) is 12.0. The van der Waals surface area contributed by atoms with Crippen LogP contribution >= 0.6 is 7.60 Å². The molecule has 436 valence electrons. The van der Waals surface area contributed by atoms with E-state index in [4.69, 9.17) is 5.73 Å². The van der Waals surface area contributed by atoms with Crippen LogP contribution < -0.4 is 27.0 Å². The number of aromatic nitrogens is 1. The highest BCUT2D eigenvalue weighted by Gasteiger charge is 2.51. The average molecular weight is 1160 g/mol. The molecule has 0 spiro atoms. The van der Waals surface area contributed by atoms with E-state index >= 15 is 4.79 Å². The number of hydrogen-bond donors (Lipinski definition) is 8. The number of fused-ring (bicyclic) bond motifs is 3. The Bertz CT molecular complexity index is 3360. The highest BCUT2D eigenvalue weighted by Crippen LogP contribution is 2.59. The molecule has 0 saturated carbocycles. The Balaban J connectivity index is 0.857. The number of imide groups is 1. The summed E-state index contributed by atoms with van der Waals surface area (Å²) in [5, 5.41) is 11.1. The molecule has 0 bridgehead atoms. The Hall–Kier alpha value is -8.09. The van der Waals surface area contributed by atoms with Gasteiger partial charge in [-0.25, -0.2) is 0 Å². The number of nitrogens with one attached hydrogen (secondary N) is 5. The zero-order chi connectivity index (χ0) is 59.0. The number of nitrogens with zero attached hydrogens (tertiary/aromatic N) is 3. The van der Waals surface area contributed by atoms with Gasteiger partial charge in [-0.05, 0) is 98.5 Å². The van der Waals surface area contributed by atoms with Crippen molar-refractivity contribution in [2.24, 2.45) is 5.73 Å². The lowest BCUT2D eigenvalue weighted by Crippen LogP contribution is -2.61.